The second kappa shape index (κ2) is 7.18. The summed E-state index contributed by atoms with van der Waals surface area (Å²) in [6.07, 6.45) is 2.32. The minimum absolute atomic E-state index is 0.258. The fraction of sp³-hybridized carbons (Fsp3) is 0.625. The summed E-state index contributed by atoms with van der Waals surface area (Å²) in [6.45, 7) is 3.18. The molecule has 1 heterocycles. The Kier molecular flexibility index (Phi) is 5.53. The number of nitrogens with one attached hydrogen (secondary N) is 1. The van der Waals surface area contributed by atoms with Gasteiger partial charge in [0.25, 0.3) is 0 Å². The first-order valence-electron chi connectivity index (χ1n) is 7.40. The summed E-state index contributed by atoms with van der Waals surface area (Å²) in [6, 6.07) is 6.95. The number of alkyl halides is 2. The minimum Gasteiger partial charge on any atom is -0.434 e. The van der Waals surface area contributed by atoms with Crippen molar-refractivity contribution in [1.29, 1.82) is 0 Å². The third-order valence-electron chi connectivity index (χ3n) is 4.25. The van der Waals surface area contributed by atoms with E-state index in [1.54, 1.807) is 12.1 Å². The second-order valence-electron chi connectivity index (χ2n) is 6.20. The molecular formula is C16H24F2N2O. The summed E-state index contributed by atoms with van der Waals surface area (Å²) in [5.74, 6) is 0.258. The van der Waals surface area contributed by atoms with Crippen LogP contribution in [-0.2, 0) is 6.54 Å². The van der Waals surface area contributed by atoms with Gasteiger partial charge in [-0.1, -0.05) is 25.1 Å². The second-order valence-corrected chi connectivity index (χ2v) is 6.20. The van der Waals surface area contributed by atoms with Gasteiger partial charge in [-0.05, 0) is 44.5 Å². The van der Waals surface area contributed by atoms with Gasteiger partial charge in [0.15, 0.2) is 0 Å². The van der Waals surface area contributed by atoms with Crippen molar-refractivity contribution in [2.45, 2.75) is 32.9 Å². The molecule has 0 atom stereocenters. The molecule has 1 fully saturated rings. The van der Waals surface area contributed by atoms with E-state index in [4.69, 9.17) is 0 Å². The van der Waals surface area contributed by atoms with Crippen LogP contribution in [0, 0.1) is 5.41 Å². The van der Waals surface area contributed by atoms with Gasteiger partial charge in [0.05, 0.1) is 0 Å². The van der Waals surface area contributed by atoms with Crippen molar-refractivity contribution in [2.24, 2.45) is 5.41 Å². The number of hydrogen-bond donors (Lipinski definition) is 1. The normalized spacial score (nSPS) is 18.9. The minimum atomic E-state index is -2.78. The maximum absolute atomic E-state index is 12.4. The molecule has 0 radical (unpaired) electrons. The van der Waals surface area contributed by atoms with Crippen molar-refractivity contribution < 1.29 is 13.5 Å². The third kappa shape index (κ3) is 4.93. The molecule has 2 rings (SSSR count). The quantitative estimate of drug-likeness (QED) is 0.873. The molecule has 1 aliphatic heterocycles. The van der Waals surface area contributed by atoms with E-state index < -0.39 is 6.61 Å². The van der Waals surface area contributed by atoms with E-state index in [9.17, 15) is 8.78 Å². The molecule has 3 nitrogen and oxygen atoms in total. The molecule has 0 amide bonds. The fourth-order valence-corrected chi connectivity index (χ4v) is 2.69. The lowest BCUT2D eigenvalue weighted by Crippen LogP contribution is -2.41. The molecule has 1 N–H and O–H groups in total. The average molecular weight is 298 g/mol. The number of para-hydroxylation sites is 1. The molecule has 0 spiro atoms. The Labute approximate surface area is 125 Å². The zero-order chi connectivity index (χ0) is 15.3. The lowest BCUT2D eigenvalue weighted by molar-refractivity contribution is -0.0505. The van der Waals surface area contributed by atoms with Crippen LogP contribution in [0.5, 0.6) is 5.75 Å². The van der Waals surface area contributed by atoms with Gasteiger partial charge in [0, 0.05) is 18.7 Å². The van der Waals surface area contributed by atoms with Gasteiger partial charge >= 0.3 is 6.61 Å². The summed E-state index contributed by atoms with van der Waals surface area (Å²) >= 11 is 0. The summed E-state index contributed by atoms with van der Waals surface area (Å²) in [5.41, 5.74) is 1.06. The van der Waals surface area contributed by atoms with E-state index >= 15 is 0 Å². The largest absolute Gasteiger partial charge is 0.434 e. The van der Waals surface area contributed by atoms with Crippen LogP contribution in [0.15, 0.2) is 24.3 Å². The van der Waals surface area contributed by atoms with E-state index in [1.165, 1.54) is 0 Å². The summed E-state index contributed by atoms with van der Waals surface area (Å²) in [5, 5.41) is 3.40. The van der Waals surface area contributed by atoms with Crippen LogP contribution in [0.2, 0.25) is 0 Å². The van der Waals surface area contributed by atoms with E-state index in [-0.39, 0.29) is 11.2 Å². The standard InChI is InChI=1S/C16H24F2N2O/c1-16(7-9-20(2)10-8-16)12-19-11-13-5-3-4-6-14(13)21-15(17)18/h3-6,15,19H,7-12H2,1-2H3. The first-order valence-corrected chi connectivity index (χ1v) is 7.40. The van der Waals surface area contributed by atoms with Gasteiger partial charge < -0.3 is 15.0 Å². The molecule has 0 bridgehead atoms. The zero-order valence-corrected chi connectivity index (χ0v) is 12.7. The van der Waals surface area contributed by atoms with Crippen molar-refractivity contribution in [2.75, 3.05) is 26.7 Å². The average Bonchev–Trinajstić information content (AvgIpc) is 2.44. The van der Waals surface area contributed by atoms with Crippen LogP contribution in [0.3, 0.4) is 0 Å². The van der Waals surface area contributed by atoms with E-state index in [0.29, 0.717) is 6.54 Å². The number of piperidine rings is 1. The number of benzene rings is 1. The van der Waals surface area contributed by atoms with E-state index in [1.807, 2.05) is 12.1 Å². The Morgan fingerprint density at radius 1 is 1.29 bits per heavy atom. The number of rotatable bonds is 6. The van der Waals surface area contributed by atoms with Gasteiger partial charge in [-0.15, -0.1) is 0 Å². The highest BCUT2D eigenvalue weighted by Crippen LogP contribution is 2.29. The Morgan fingerprint density at radius 3 is 2.62 bits per heavy atom. The van der Waals surface area contributed by atoms with Gasteiger partial charge in [-0.25, -0.2) is 0 Å². The molecule has 0 aromatic heterocycles. The first kappa shape index (κ1) is 16.2. The zero-order valence-electron chi connectivity index (χ0n) is 12.7. The predicted molar refractivity (Wildman–Crippen MR) is 79.6 cm³/mol. The smallest absolute Gasteiger partial charge is 0.387 e. The Balaban J connectivity index is 1.86. The third-order valence-corrected chi connectivity index (χ3v) is 4.25. The summed E-state index contributed by atoms with van der Waals surface area (Å²) in [7, 11) is 2.14. The molecule has 118 valence electrons. The van der Waals surface area contributed by atoms with Crippen LogP contribution in [0.1, 0.15) is 25.3 Å². The lowest BCUT2D eigenvalue weighted by atomic mass is 9.80. The van der Waals surface area contributed by atoms with Gasteiger partial charge in [0.1, 0.15) is 5.75 Å². The molecule has 5 heteroatoms. The van der Waals surface area contributed by atoms with Crippen LogP contribution in [0.4, 0.5) is 8.78 Å². The van der Waals surface area contributed by atoms with E-state index in [0.717, 1.165) is 38.0 Å². The maximum Gasteiger partial charge on any atom is 0.387 e. The van der Waals surface area contributed by atoms with Crippen molar-refractivity contribution in [3.05, 3.63) is 29.8 Å². The molecule has 1 aliphatic rings. The Bertz CT molecular complexity index is 446. The molecule has 0 unspecified atom stereocenters. The molecule has 0 saturated carbocycles. The first-order chi connectivity index (χ1) is 9.98. The molecule has 21 heavy (non-hydrogen) atoms. The van der Waals surface area contributed by atoms with Crippen LogP contribution in [-0.4, -0.2) is 38.2 Å². The van der Waals surface area contributed by atoms with Crippen LogP contribution in [0.25, 0.3) is 0 Å². The number of likely N-dealkylation sites (tertiary alicyclic amines) is 1. The van der Waals surface area contributed by atoms with Crippen molar-refractivity contribution in [1.82, 2.24) is 10.2 Å². The topological polar surface area (TPSA) is 24.5 Å². The van der Waals surface area contributed by atoms with Crippen molar-refractivity contribution in [3.63, 3.8) is 0 Å². The molecule has 0 aliphatic carbocycles. The molecule has 1 saturated heterocycles. The number of hydrogen-bond acceptors (Lipinski definition) is 3. The Morgan fingerprint density at radius 2 is 1.95 bits per heavy atom. The highest BCUT2D eigenvalue weighted by atomic mass is 19.3. The van der Waals surface area contributed by atoms with Crippen LogP contribution >= 0.6 is 0 Å². The van der Waals surface area contributed by atoms with Gasteiger partial charge in [-0.3, -0.25) is 0 Å². The molecule has 1 aromatic rings. The Hall–Kier alpha value is -1.20. The number of ether oxygens (including phenoxy) is 1. The maximum atomic E-state index is 12.4. The highest BCUT2D eigenvalue weighted by molar-refractivity contribution is 5.33. The monoisotopic (exact) mass is 298 g/mol. The van der Waals surface area contributed by atoms with Gasteiger partial charge in [-0.2, -0.15) is 8.78 Å². The highest BCUT2D eigenvalue weighted by Gasteiger charge is 2.28. The molecular weight excluding hydrogens is 274 g/mol. The number of halogens is 2. The lowest BCUT2D eigenvalue weighted by Gasteiger charge is -2.38. The van der Waals surface area contributed by atoms with E-state index in [2.05, 4.69) is 28.9 Å². The predicted octanol–water partition coefficient (Wildman–Crippen LogP) is 3.11. The van der Waals surface area contributed by atoms with Crippen LogP contribution < -0.4 is 10.1 Å². The van der Waals surface area contributed by atoms with Gasteiger partial charge in [0.2, 0.25) is 0 Å². The van der Waals surface area contributed by atoms with Crippen molar-refractivity contribution >= 4 is 0 Å². The van der Waals surface area contributed by atoms with Crippen molar-refractivity contribution in [3.8, 4) is 5.75 Å². The SMILES string of the molecule is CN1CCC(C)(CNCc2ccccc2OC(F)F)CC1. The number of nitrogens with zero attached hydrogens (tertiary/aromatic N) is 1. The summed E-state index contributed by atoms with van der Waals surface area (Å²) < 4.78 is 29.3. The summed E-state index contributed by atoms with van der Waals surface area (Å²) in [4.78, 5) is 2.34. The fourth-order valence-electron chi connectivity index (χ4n) is 2.69. The molecule has 1 aromatic carbocycles.